The molecule has 13 nitrogen and oxygen atoms in total. The third-order valence-corrected chi connectivity index (χ3v) is 12.9. The molecule has 0 saturated heterocycles. The van der Waals surface area contributed by atoms with Crippen LogP contribution in [0.25, 0.3) is 0 Å². The van der Waals surface area contributed by atoms with Crippen LogP contribution in [0.3, 0.4) is 0 Å². The zero-order valence-electron chi connectivity index (χ0n) is 37.3. The van der Waals surface area contributed by atoms with Crippen LogP contribution in [0.4, 0.5) is 4.79 Å². The predicted octanol–water partition coefficient (Wildman–Crippen LogP) is 8.52. The molecule has 0 radical (unpaired) electrons. The van der Waals surface area contributed by atoms with E-state index in [2.05, 4.69) is 18.7 Å². The molecule has 1 heterocycles. The van der Waals surface area contributed by atoms with Crippen molar-refractivity contribution in [1.82, 2.24) is 4.90 Å². The molecule has 3 N–H and O–H groups in total. The van der Waals surface area contributed by atoms with Gasteiger partial charge in [0.25, 0.3) is 0 Å². The van der Waals surface area contributed by atoms with Crippen LogP contribution in [0, 0.1) is 17.8 Å². The molecule has 1 fully saturated rings. The van der Waals surface area contributed by atoms with Gasteiger partial charge in [-0.25, -0.2) is 4.79 Å². The molecule has 3 aromatic rings. The highest BCUT2D eigenvalue weighted by molar-refractivity contribution is 7.98. The number of aliphatic hydroxyl groups excluding tert-OH is 3. The van der Waals surface area contributed by atoms with Gasteiger partial charge < -0.3 is 48.6 Å². The van der Waals surface area contributed by atoms with Gasteiger partial charge in [0.1, 0.15) is 36.5 Å². The molecule has 64 heavy (non-hydrogen) atoms. The Kier molecular flexibility index (Phi) is 19.4. The fraction of sp³-hybridized carbons (Fsp3) is 0.520. The van der Waals surface area contributed by atoms with Crippen LogP contribution >= 0.6 is 11.8 Å². The lowest BCUT2D eigenvalue weighted by atomic mass is 9.55. The molecule has 0 unspecified atom stereocenters. The van der Waals surface area contributed by atoms with Crippen LogP contribution in [0.1, 0.15) is 68.9 Å². The number of nitrogens with zero attached hydrogens (tertiary/aromatic N) is 2. The fourth-order valence-electron chi connectivity index (χ4n) is 9.37. The average molecular weight is 903 g/mol. The SMILES string of the molecule is C=CCO[C@@]12Oc3ccc(Oc4ccc(SC)cc4)cc3[C@H]3[C@H](CCCCO)[C@@H](CCCCO)C=C(C(=NOCC)C[C@@H]1N(CCOCCO)C(=O)OCCOCc1ccccc1)[C@H]32. The maximum absolute atomic E-state index is 14.6. The molecule has 0 spiro atoms. The Morgan fingerprint density at radius 2 is 1.69 bits per heavy atom. The van der Waals surface area contributed by atoms with Crippen molar-refractivity contribution in [2.45, 2.75) is 81.1 Å². The molecule has 2 aliphatic carbocycles. The second-order valence-electron chi connectivity index (χ2n) is 16.1. The zero-order valence-corrected chi connectivity index (χ0v) is 38.1. The summed E-state index contributed by atoms with van der Waals surface area (Å²) in [5, 5.41) is 34.2. The molecule has 1 amide bonds. The van der Waals surface area contributed by atoms with E-state index in [9.17, 15) is 20.1 Å². The molecule has 3 aliphatic rings. The van der Waals surface area contributed by atoms with E-state index in [-0.39, 0.29) is 83.6 Å². The van der Waals surface area contributed by atoms with E-state index >= 15 is 0 Å². The minimum atomic E-state index is -1.48. The average Bonchev–Trinajstić information content (AvgIpc) is 3.32. The smallest absolute Gasteiger partial charge is 0.410 e. The van der Waals surface area contributed by atoms with Crippen molar-refractivity contribution < 1.29 is 53.4 Å². The number of allylic oxidation sites excluding steroid dienone is 1. The monoisotopic (exact) mass is 902 g/mol. The van der Waals surface area contributed by atoms with Gasteiger partial charge in [0.15, 0.2) is 0 Å². The largest absolute Gasteiger partial charge is 0.459 e. The standard InChI is InChI=1S/C50H66N2O11S/c1-4-27-60-50-46(52(23-28-57-29-26-55)49(56)59-31-30-58-35-36-13-7-6-8-14-36)34-44(51-61-5-2)42-32-37(15-9-11-24-53)41(16-10-12-25-54)47(48(42)50)43-33-39(19-22-45(43)63-50)62-38-17-20-40(64-3)21-18-38/h4,6-8,13-14,17-22,32-33,37,41,46-48,53-55H,1,5,9-12,15-16,23-31,34-35H2,2-3H3/t37-,41+,46-,47+,48+,50+/m0/s1. The Bertz CT molecular complexity index is 1960. The Morgan fingerprint density at radius 1 is 0.922 bits per heavy atom. The van der Waals surface area contributed by atoms with Crippen LogP contribution in [0.5, 0.6) is 17.2 Å². The maximum atomic E-state index is 14.6. The number of hydrogen-bond acceptors (Lipinski definition) is 13. The number of rotatable bonds is 27. The summed E-state index contributed by atoms with van der Waals surface area (Å²) in [4.78, 5) is 23.2. The zero-order chi connectivity index (χ0) is 45.2. The number of aliphatic hydroxyl groups is 3. The van der Waals surface area contributed by atoms with E-state index in [1.807, 2.05) is 79.9 Å². The Hall–Kier alpha value is -4.41. The summed E-state index contributed by atoms with van der Waals surface area (Å²) < 4.78 is 38.5. The summed E-state index contributed by atoms with van der Waals surface area (Å²) in [6.07, 6.45) is 10.2. The second kappa shape index (κ2) is 25.3. The summed E-state index contributed by atoms with van der Waals surface area (Å²) in [6, 6.07) is 22.9. The highest BCUT2D eigenvalue weighted by atomic mass is 32.2. The molecule has 3 aromatic carbocycles. The Labute approximate surface area is 382 Å². The number of oxime groups is 1. The first-order valence-corrected chi connectivity index (χ1v) is 23.9. The third-order valence-electron chi connectivity index (χ3n) is 12.1. The Morgan fingerprint density at radius 3 is 2.41 bits per heavy atom. The van der Waals surface area contributed by atoms with Crippen molar-refractivity contribution in [2.24, 2.45) is 22.9 Å². The van der Waals surface area contributed by atoms with E-state index < -0.39 is 23.8 Å². The maximum Gasteiger partial charge on any atom is 0.410 e. The molecular formula is C50H66N2O11S. The summed E-state index contributed by atoms with van der Waals surface area (Å²) in [6.45, 7) is 7.20. The van der Waals surface area contributed by atoms with Crippen LogP contribution < -0.4 is 9.47 Å². The first kappa shape index (κ1) is 49.0. The number of thioether (sulfide) groups is 1. The summed E-state index contributed by atoms with van der Waals surface area (Å²) in [5.41, 5.74) is 3.56. The van der Waals surface area contributed by atoms with E-state index in [4.69, 9.17) is 38.4 Å². The van der Waals surface area contributed by atoms with Gasteiger partial charge in [-0.1, -0.05) is 60.5 Å². The van der Waals surface area contributed by atoms with Gasteiger partial charge in [-0.3, -0.25) is 4.90 Å². The lowest BCUT2D eigenvalue weighted by molar-refractivity contribution is -0.256. The summed E-state index contributed by atoms with van der Waals surface area (Å²) in [7, 11) is 0. The van der Waals surface area contributed by atoms with Crippen molar-refractivity contribution in [2.75, 3.05) is 72.3 Å². The highest BCUT2D eigenvalue weighted by Gasteiger charge is 2.65. The topological polar surface area (TPSA) is 158 Å². The van der Waals surface area contributed by atoms with Gasteiger partial charge in [0.05, 0.1) is 51.3 Å². The molecule has 0 bridgehead atoms. The third kappa shape index (κ3) is 12.3. The predicted molar refractivity (Wildman–Crippen MR) is 247 cm³/mol. The number of unbranched alkanes of at least 4 members (excludes halogenated alkanes) is 2. The van der Waals surface area contributed by atoms with Crippen molar-refractivity contribution >= 4 is 23.6 Å². The van der Waals surface area contributed by atoms with Crippen LogP contribution in [-0.4, -0.2) is 116 Å². The molecule has 14 heteroatoms. The minimum Gasteiger partial charge on any atom is -0.459 e. The lowest BCUT2D eigenvalue weighted by Crippen LogP contribution is -2.70. The second-order valence-corrected chi connectivity index (χ2v) is 17.0. The van der Waals surface area contributed by atoms with E-state index in [1.54, 1.807) is 22.7 Å². The lowest BCUT2D eigenvalue weighted by Gasteiger charge is -2.59. The van der Waals surface area contributed by atoms with Gasteiger partial charge in [0.2, 0.25) is 5.79 Å². The number of carbonyl (C=O) groups excluding carboxylic acids is 1. The van der Waals surface area contributed by atoms with Crippen molar-refractivity contribution in [3.05, 3.63) is 108 Å². The van der Waals surface area contributed by atoms with Gasteiger partial charge >= 0.3 is 6.09 Å². The Balaban J connectivity index is 1.47. The van der Waals surface area contributed by atoms with Gasteiger partial charge in [0, 0.05) is 42.6 Å². The number of benzene rings is 3. The van der Waals surface area contributed by atoms with Gasteiger partial charge in [-0.15, -0.1) is 18.3 Å². The van der Waals surface area contributed by atoms with Crippen molar-refractivity contribution in [1.29, 1.82) is 0 Å². The molecule has 0 aromatic heterocycles. The molecule has 1 aliphatic heterocycles. The van der Waals surface area contributed by atoms with Crippen molar-refractivity contribution in [3.63, 3.8) is 0 Å². The van der Waals surface area contributed by atoms with Gasteiger partial charge in [-0.2, -0.15) is 0 Å². The first-order chi connectivity index (χ1) is 31.4. The van der Waals surface area contributed by atoms with E-state index in [0.29, 0.717) is 49.0 Å². The first-order valence-electron chi connectivity index (χ1n) is 22.7. The van der Waals surface area contributed by atoms with Crippen LogP contribution in [0.2, 0.25) is 0 Å². The number of carbonyl (C=O) groups is 1. The quantitative estimate of drug-likeness (QED) is 0.0291. The number of fused-ring (bicyclic) bond motifs is 2. The number of amides is 1. The van der Waals surface area contributed by atoms with Crippen molar-refractivity contribution in [3.8, 4) is 17.2 Å². The highest BCUT2D eigenvalue weighted by Crippen LogP contribution is 2.62. The molecule has 348 valence electrons. The fourth-order valence-corrected chi connectivity index (χ4v) is 9.78. The normalized spacial score (nSPS) is 22.7. The molecule has 6 atom stereocenters. The van der Waals surface area contributed by atoms with E-state index in [1.165, 1.54) is 0 Å². The summed E-state index contributed by atoms with van der Waals surface area (Å²) in [5.74, 6) is -0.167. The molecule has 6 rings (SSSR count). The molecule has 1 saturated carbocycles. The summed E-state index contributed by atoms with van der Waals surface area (Å²) >= 11 is 1.66. The van der Waals surface area contributed by atoms with Gasteiger partial charge in [-0.05, 0) is 104 Å². The van der Waals surface area contributed by atoms with E-state index in [0.717, 1.165) is 47.3 Å². The van der Waals surface area contributed by atoms with Crippen LogP contribution in [0.15, 0.2) is 107 Å². The minimum absolute atomic E-state index is 0.00107. The molecular weight excluding hydrogens is 837 g/mol. The number of hydrogen-bond donors (Lipinski definition) is 3. The number of ether oxygens (including phenoxy) is 6. The van der Waals surface area contributed by atoms with Crippen LogP contribution in [-0.2, 0) is 30.4 Å².